The lowest BCUT2D eigenvalue weighted by molar-refractivity contribution is 0.0491. The van der Waals surface area contributed by atoms with E-state index in [1.807, 2.05) is 0 Å². The van der Waals surface area contributed by atoms with Crippen LogP contribution in [0.5, 0.6) is 0 Å². The Morgan fingerprint density at radius 1 is 1.35 bits per heavy atom. The average Bonchev–Trinajstić information content (AvgIpc) is 2.73. The van der Waals surface area contributed by atoms with Gasteiger partial charge in [0.1, 0.15) is 0 Å². The number of rotatable bonds is 4. The van der Waals surface area contributed by atoms with Gasteiger partial charge in [-0.2, -0.15) is 0 Å². The van der Waals surface area contributed by atoms with Crippen molar-refractivity contribution in [2.45, 2.75) is 58.2 Å². The van der Waals surface area contributed by atoms with Crippen molar-refractivity contribution in [1.29, 1.82) is 0 Å². The fourth-order valence-electron chi connectivity index (χ4n) is 3.26. The van der Waals surface area contributed by atoms with Crippen molar-refractivity contribution >= 4 is 0 Å². The van der Waals surface area contributed by atoms with E-state index < -0.39 is 0 Å². The van der Waals surface area contributed by atoms with Crippen molar-refractivity contribution in [3.05, 3.63) is 0 Å². The Labute approximate surface area is 106 Å². The summed E-state index contributed by atoms with van der Waals surface area (Å²) < 4.78 is 5.73. The van der Waals surface area contributed by atoms with Crippen LogP contribution >= 0.6 is 0 Å². The quantitative estimate of drug-likeness (QED) is 0.812. The Bertz CT molecular complexity index is 226. The molecule has 2 saturated heterocycles. The van der Waals surface area contributed by atoms with E-state index in [2.05, 4.69) is 31.0 Å². The highest BCUT2D eigenvalue weighted by atomic mass is 16.5. The van der Waals surface area contributed by atoms with Gasteiger partial charge in [0.05, 0.1) is 6.10 Å². The highest BCUT2D eigenvalue weighted by molar-refractivity contribution is 4.86. The summed E-state index contributed by atoms with van der Waals surface area (Å²) in [7, 11) is 0. The molecule has 0 aliphatic carbocycles. The molecule has 2 aliphatic heterocycles. The summed E-state index contributed by atoms with van der Waals surface area (Å²) in [6, 6.07) is 1.27. The monoisotopic (exact) mass is 240 g/mol. The molecule has 0 aromatic heterocycles. The number of nitrogens with zero attached hydrogens (tertiary/aromatic N) is 1. The molecule has 2 aliphatic rings. The van der Waals surface area contributed by atoms with Crippen LogP contribution in [0, 0.1) is 5.92 Å². The van der Waals surface area contributed by atoms with E-state index in [-0.39, 0.29) is 0 Å². The molecule has 3 heteroatoms. The minimum Gasteiger partial charge on any atom is -0.377 e. The van der Waals surface area contributed by atoms with Crippen LogP contribution in [0.1, 0.15) is 40.0 Å². The molecule has 17 heavy (non-hydrogen) atoms. The summed E-state index contributed by atoms with van der Waals surface area (Å²) in [5.74, 6) is 0.832. The maximum atomic E-state index is 5.73. The molecular formula is C14H28N2O. The normalized spacial score (nSPS) is 34.8. The molecule has 2 rings (SSSR count). The number of piperidine rings is 1. The second kappa shape index (κ2) is 6.17. The molecule has 0 saturated carbocycles. The van der Waals surface area contributed by atoms with E-state index in [9.17, 15) is 0 Å². The smallest absolute Gasteiger partial charge is 0.0703 e. The Morgan fingerprint density at radius 2 is 2.18 bits per heavy atom. The predicted molar refractivity (Wildman–Crippen MR) is 71.3 cm³/mol. The number of hydrogen-bond donors (Lipinski definition) is 1. The lowest BCUT2D eigenvalue weighted by Crippen LogP contribution is -2.48. The highest BCUT2D eigenvalue weighted by Gasteiger charge is 2.32. The second-order valence-electron chi connectivity index (χ2n) is 5.93. The molecule has 2 fully saturated rings. The zero-order valence-electron chi connectivity index (χ0n) is 11.6. The van der Waals surface area contributed by atoms with Gasteiger partial charge in [0, 0.05) is 25.2 Å². The molecule has 3 unspecified atom stereocenters. The van der Waals surface area contributed by atoms with E-state index in [1.165, 1.54) is 38.9 Å². The Morgan fingerprint density at radius 3 is 2.71 bits per heavy atom. The minimum atomic E-state index is 0.411. The summed E-state index contributed by atoms with van der Waals surface area (Å²) >= 11 is 0. The highest BCUT2D eigenvalue weighted by Crippen LogP contribution is 2.24. The van der Waals surface area contributed by atoms with Crippen molar-refractivity contribution < 1.29 is 4.74 Å². The molecular weight excluding hydrogens is 212 g/mol. The Kier molecular flexibility index (Phi) is 4.83. The third kappa shape index (κ3) is 3.43. The lowest BCUT2D eigenvalue weighted by atomic mass is 9.96. The van der Waals surface area contributed by atoms with Crippen LogP contribution in [0.25, 0.3) is 0 Å². The molecule has 0 bridgehead atoms. The van der Waals surface area contributed by atoms with Crippen molar-refractivity contribution in [2.75, 3.05) is 26.2 Å². The zero-order valence-corrected chi connectivity index (χ0v) is 11.6. The van der Waals surface area contributed by atoms with E-state index in [4.69, 9.17) is 4.74 Å². The molecule has 3 nitrogen and oxygen atoms in total. The maximum absolute atomic E-state index is 5.73. The number of hydrogen-bond acceptors (Lipinski definition) is 3. The van der Waals surface area contributed by atoms with Gasteiger partial charge in [0.25, 0.3) is 0 Å². The zero-order chi connectivity index (χ0) is 12.3. The Hall–Kier alpha value is -0.120. The van der Waals surface area contributed by atoms with Gasteiger partial charge in [0.2, 0.25) is 0 Å². The topological polar surface area (TPSA) is 24.5 Å². The van der Waals surface area contributed by atoms with Gasteiger partial charge in [0.15, 0.2) is 0 Å². The average molecular weight is 240 g/mol. The van der Waals surface area contributed by atoms with E-state index in [0.717, 1.165) is 12.5 Å². The molecule has 100 valence electrons. The third-order valence-electron chi connectivity index (χ3n) is 4.29. The standard InChI is InChI=1S/C14H28N2O/c1-11(2)16(14-6-8-17-12(14)3)10-13-5-4-7-15-9-13/h11-15H,4-10H2,1-3H3. The minimum absolute atomic E-state index is 0.411. The van der Waals surface area contributed by atoms with E-state index in [1.54, 1.807) is 0 Å². The van der Waals surface area contributed by atoms with Crippen molar-refractivity contribution in [3.8, 4) is 0 Å². The molecule has 0 aromatic rings. The van der Waals surface area contributed by atoms with Crippen LogP contribution in [-0.4, -0.2) is 49.3 Å². The summed E-state index contributed by atoms with van der Waals surface area (Å²) in [6.07, 6.45) is 4.35. The fraction of sp³-hybridized carbons (Fsp3) is 1.00. The van der Waals surface area contributed by atoms with Crippen LogP contribution in [0.4, 0.5) is 0 Å². The van der Waals surface area contributed by atoms with Crippen LogP contribution in [0.3, 0.4) is 0 Å². The van der Waals surface area contributed by atoms with Crippen molar-refractivity contribution in [2.24, 2.45) is 5.92 Å². The van der Waals surface area contributed by atoms with Gasteiger partial charge in [-0.1, -0.05) is 0 Å². The first-order valence-corrected chi connectivity index (χ1v) is 7.26. The SMILES string of the molecule is CC1OCCC1N(CC1CCCNC1)C(C)C. The molecule has 2 heterocycles. The van der Waals surface area contributed by atoms with E-state index >= 15 is 0 Å². The van der Waals surface area contributed by atoms with Crippen molar-refractivity contribution in [3.63, 3.8) is 0 Å². The maximum Gasteiger partial charge on any atom is 0.0703 e. The molecule has 0 aromatic carbocycles. The van der Waals surface area contributed by atoms with Gasteiger partial charge >= 0.3 is 0 Å². The summed E-state index contributed by atoms with van der Waals surface area (Å²) in [4.78, 5) is 2.68. The molecule has 0 spiro atoms. The fourth-order valence-corrected chi connectivity index (χ4v) is 3.26. The lowest BCUT2D eigenvalue weighted by Gasteiger charge is -2.38. The number of nitrogens with one attached hydrogen (secondary N) is 1. The molecule has 0 radical (unpaired) electrons. The van der Waals surface area contributed by atoms with Gasteiger partial charge in [-0.05, 0) is 59.0 Å². The number of ether oxygens (including phenoxy) is 1. The second-order valence-corrected chi connectivity index (χ2v) is 5.93. The predicted octanol–water partition coefficient (Wildman–Crippen LogP) is 1.87. The van der Waals surface area contributed by atoms with E-state index in [0.29, 0.717) is 18.2 Å². The molecule has 0 amide bonds. The van der Waals surface area contributed by atoms with Crippen LogP contribution in [-0.2, 0) is 4.74 Å². The summed E-state index contributed by atoms with van der Waals surface area (Å²) in [6.45, 7) is 11.5. The summed E-state index contributed by atoms with van der Waals surface area (Å²) in [5.41, 5.74) is 0. The largest absolute Gasteiger partial charge is 0.377 e. The Balaban J connectivity index is 1.91. The third-order valence-corrected chi connectivity index (χ3v) is 4.29. The molecule has 1 N–H and O–H groups in total. The van der Waals surface area contributed by atoms with Crippen molar-refractivity contribution in [1.82, 2.24) is 10.2 Å². The van der Waals surface area contributed by atoms with Crippen LogP contribution in [0.2, 0.25) is 0 Å². The first-order chi connectivity index (χ1) is 8.18. The summed E-state index contributed by atoms with van der Waals surface area (Å²) in [5, 5.41) is 3.52. The van der Waals surface area contributed by atoms with Crippen LogP contribution < -0.4 is 5.32 Å². The van der Waals surface area contributed by atoms with Gasteiger partial charge in [-0.25, -0.2) is 0 Å². The van der Waals surface area contributed by atoms with Crippen LogP contribution in [0.15, 0.2) is 0 Å². The first-order valence-electron chi connectivity index (χ1n) is 7.26. The molecule has 3 atom stereocenters. The van der Waals surface area contributed by atoms with Gasteiger partial charge < -0.3 is 10.1 Å². The first kappa shape index (κ1) is 13.3. The van der Waals surface area contributed by atoms with Gasteiger partial charge in [-0.3, -0.25) is 4.90 Å². The van der Waals surface area contributed by atoms with Gasteiger partial charge in [-0.15, -0.1) is 0 Å².